The Kier molecular flexibility index (Phi) is 6.99. The molecule has 12 heteroatoms. The SMILES string of the molecule is C=C(OC12CC3CC(C1)C(C)(OC(=O)COC(=O)C(O)(C(F)(F)F)C(F)(F)F)C3C2)C(C)(C)CCC. The monoisotopic (exact) mass is 530 g/mol. The van der Waals surface area contributed by atoms with Gasteiger partial charge in [0, 0.05) is 17.3 Å². The van der Waals surface area contributed by atoms with Crippen molar-refractivity contribution in [1.82, 2.24) is 0 Å². The van der Waals surface area contributed by atoms with Crippen LogP contribution in [0.25, 0.3) is 0 Å². The van der Waals surface area contributed by atoms with Gasteiger partial charge in [0.1, 0.15) is 11.2 Å². The number of hydrogen-bond donors (Lipinski definition) is 1. The molecule has 4 fully saturated rings. The first-order valence-electron chi connectivity index (χ1n) is 11.9. The first-order valence-corrected chi connectivity index (χ1v) is 11.9. The van der Waals surface area contributed by atoms with Gasteiger partial charge < -0.3 is 19.3 Å². The third-order valence-electron chi connectivity index (χ3n) is 8.29. The van der Waals surface area contributed by atoms with Gasteiger partial charge in [-0.25, -0.2) is 9.59 Å². The van der Waals surface area contributed by atoms with Crippen LogP contribution in [0.2, 0.25) is 0 Å². The minimum absolute atomic E-state index is 0.139. The molecule has 0 amide bonds. The van der Waals surface area contributed by atoms with Crippen LogP contribution >= 0.6 is 0 Å². The van der Waals surface area contributed by atoms with Gasteiger partial charge in [-0.3, -0.25) is 0 Å². The van der Waals surface area contributed by atoms with Crippen LogP contribution in [0.4, 0.5) is 26.3 Å². The number of aliphatic hydroxyl groups is 1. The summed E-state index contributed by atoms with van der Waals surface area (Å²) >= 11 is 0. The summed E-state index contributed by atoms with van der Waals surface area (Å²) in [5.41, 5.74) is -7.48. The van der Waals surface area contributed by atoms with Crippen LogP contribution in [0.3, 0.4) is 0 Å². The van der Waals surface area contributed by atoms with Gasteiger partial charge in [0.15, 0.2) is 6.61 Å². The predicted octanol–water partition coefficient (Wildman–Crippen LogP) is 5.23. The number of halogens is 6. The summed E-state index contributed by atoms with van der Waals surface area (Å²) in [6.45, 7) is 10.5. The predicted molar refractivity (Wildman–Crippen MR) is 113 cm³/mol. The van der Waals surface area contributed by atoms with Gasteiger partial charge in [-0.05, 0) is 44.9 Å². The Balaban J connectivity index is 1.64. The van der Waals surface area contributed by atoms with Gasteiger partial charge in [0.2, 0.25) is 0 Å². The minimum Gasteiger partial charge on any atom is -0.492 e. The van der Waals surface area contributed by atoms with Crippen molar-refractivity contribution in [1.29, 1.82) is 0 Å². The van der Waals surface area contributed by atoms with E-state index in [1.165, 1.54) is 0 Å². The van der Waals surface area contributed by atoms with Crippen LogP contribution in [-0.2, 0) is 23.8 Å². The molecule has 0 aromatic rings. The van der Waals surface area contributed by atoms with Crippen molar-refractivity contribution in [2.75, 3.05) is 6.61 Å². The van der Waals surface area contributed by atoms with Crippen LogP contribution in [0.5, 0.6) is 0 Å². The lowest BCUT2D eigenvalue weighted by Crippen LogP contribution is -2.63. The van der Waals surface area contributed by atoms with Crippen LogP contribution in [0.15, 0.2) is 12.3 Å². The molecule has 1 N–H and O–H groups in total. The van der Waals surface area contributed by atoms with Gasteiger partial charge in [-0.2, -0.15) is 26.3 Å². The second-order valence-corrected chi connectivity index (χ2v) is 11.2. The molecular weight excluding hydrogens is 498 g/mol. The lowest BCUT2D eigenvalue weighted by atomic mass is 9.70. The molecule has 0 aliphatic heterocycles. The fourth-order valence-electron chi connectivity index (χ4n) is 6.34. The molecule has 5 unspecified atom stereocenters. The number of alkyl halides is 6. The third kappa shape index (κ3) is 4.58. The molecule has 4 aliphatic rings. The Bertz CT molecular complexity index is 894. The zero-order valence-electron chi connectivity index (χ0n) is 20.6. The molecule has 4 saturated carbocycles. The Labute approximate surface area is 205 Å². The molecule has 206 valence electrons. The van der Waals surface area contributed by atoms with Crippen LogP contribution in [-0.4, -0.2) is 52.8 Å². The lowest BCUT2D eigenvalue weighted by Gasteiger charge is -2.47. The zero-order valence-corrected chi connectivity index (χ0v) is 20.6. The standard InChI is InChI=1S/C24H32F6O6/c1-6-7-19(3,4)13(2)35-21-9-14-8-15(10-21)20(5,16(14)11-21)36-17(31)12-34-18(32)22(33,23(25,26)27)24(28,29)30/h14-16,33H,2,6-12H2,1,3-5H3. The van der Waals surface area contributed by atoms with Crippen molar-refractivity contribution >= 4 is 11.9 Å². The summed E-state index contributed by atoms with van der Waals surface area (Å²) in [5, 5.41) is 9.07. The highest BCUT2D eigenvalue weighted by atomic mass is 19.4. The maximum atomic E-state index is 12.8. The molecule has 0 heterocycles. The van der Waals surface area contributed by atoms with E-state index in [4.69, 9.17) is 14.6 Å². The van der Waals surface area contributed by atoms with E-state index in [0.717, 1.165) is 25.7 Å². The van der Waals surface area contributed by atoms with Crippen LogP contribution in [0, 0.1) is 23.2 Å². The smallest absolute Gasteiger partial charge is 0.437 e. The van der Waals surface area contributed by atoms with Gasteiger partial charge >= 0.3 is 29.9 Å². The van der Waals surface area contributed by atoms with E-state index in [9.17, 15) is 35.9 Å². The first kappa shape index (κ1) is 28.6. The number of hydrogen-bond acceptors (Lipinski definition) is 6. The summed E-state index contributed by atoms with van der Waals surface area (Å²) < 4.78 is 92.7. The third-order valence-corrected chi connectivity index (χ3v) is 8.29. The van der Waals surface area contributed by atoms with Crippen molar-refractivity contribution in [3.8, 4) is 0 Å². The Hall–Kier alpha value is -1.98. The molecule has 36 heavy (non-hydrogen) atoms. The van der Waals surface area contributed by atoms with Crippen molar-refractivity contribution in [2.24, 2.45) is 23.2 Å². The maximum absolute atomic E-state index is 12.8. The summed E-state index contributed by atoms with van der Waals surface area (Å²) in [5.74, 6) is -3.79. The summed E-state index contributed by atoms with van der Waals surface area (Å²) in [7, 11) is 0. The molecule has 5 atom stereocenters. The second kappa shape index (κ2) is 8.80. The number of esters is 2. The average molecular weight is 531 g/mol. The Morgan fingerprint density at radius 3 is 2.11 bits per heavy atom. The normalized spacial score (nSPS) is 31.9. The molecule has 0 aromatic heterocycles. The molecule has 0 spiro atoms. The number of carbonyl (C=O) groups is 2. The highest BCUT2D eigenvalue weighted by Gasteiger charge is 2.77. The minimum atomic E-state index is -6.40. The van der Waals surface area contributed by atoms with E-state index in [1.807, 2.05) is 0 Å². The molecule has 0 radical (unpaired) electrons. The fourth-order valence-corrected chi connectivity index (χ4v) is 6.34. The molecule has 4 bridgehead atoms. The molecular formula is C24H32F6O6. The van der Waals surface area contributed by atoms with Crippen molar-refractivity contribution in [3.05, 3.63) is 12.3 Å². The number of rotatable bonds is 9. The largest absolute Gasteiger partial charge is 0.492 e. The molecule has 0 saturated heterocycles. The number of ether oxygens (including phenoxy) is 3. The number of allylic oxidation sites excluding steroid dienone is 1. The molecule has 4 aliphatic carbocycles. The highest BCUT2D eigenvalue weighted by Crippen LogP contribution is 2.67. The van der Waals surface area contributed by atoms with E-state index in [-0.39, 0.29) is 23.2 Å². The van der Waals surface area contributed by atoms with E-state index in [0.29, 0.717) is 18.6 Å². The summed E-state index contributed by atoms with van der Waals surface area (Å²) in [6, 6.07) is 0. The zero-order chi connectivity index (χ0) is 27.5. The lowest BCUT2D eigenvalue weighted by molar-refractivity contribution is -0.356. The highest BCUT2D eigenvalue weighted by molar-refractivity contribution is 5.84. The van der Waals surface area contributed by atoms with Crippen molar-refractivity contribution in [3.63, 3.8) is 0 Å². The van der Waals surface area contributed by atoms with Gasteiger partial charge in [-0.15, -0.1) is 0 Å². The average Bonchev–Trinajstić information content (AvgIpc) is 3.08. The number of carbonyl (C=O) groups excluding carboxylic acids is 2. The Morgan fingerprint density at radius 2 is 1.61 bits per heavy atom. The van der Waals surface area contributed by atoms with E-state index in [1.54, 1.807) is 6.92 Å². The van der Waals surface area contributed by atoms with Gasteiger partial charge in [0.25, 0.3) is 0 Å². The van der Waals surface area contributed by atoms with E-state index in [2.05, 4.69) is 32.1 Å². The fraction of sp³-hybridized carbons (Fsp3) is 0.833. The van der Waals surface area contributed by atoms with E-state index >= 15 is 0 Å². The van der Waals surface area contributed by atoms with Gasteiger partial charge in [-0.1, -0.05) is 33.8 Å². The molecule has 6 nitrogen and oxygen atoms in total. The van der Waals surface area contributed by atoms with Gasteiger partial charge in [0.05, 0.1) is 5.76 Å². The maximum Gasteiger partial charge on any atom is 0.437 e. The molecule has 0 aromatic carbocycles. The van der Waals surface area contributed by atoms with Crippen molar-refractivity contribution < 1.29 is 55.2 Å². The Morgan fingerprint density at radius 1 is 1.03 bits per heavy atom. The van der Waals surface area contributed by atoms with Crippen molar-refractivity contribution in [2.45, 2.75) is 95.4 Å². The second-order valence-electron chi connectivity index (χ2n) is 11.2. The summed E-state index contributed by atoms with van der Waals surface area (Å²) in [4.78, 5) is 23.9. The molecule has 4 rings (SSSR count). The summed E-state index contributed by atoms with van der Waals surface area (Å²) in [6.07, 6.45) is -8.39. The van der Waals surface area contributed by atoms with E-state index < -0.39 is 47.7 Å². The topological polar surface area (TPSA) is 82.1 Å². The first-order chi connectivity index (χ1) is 16.2. The van der Waals surface area contributed by atoms with Crippen LogP contribution in [0.1, 0.15) is 66.2 Å². The van der Waals surface area contributed by atoms with Crippen LogP contribution < -0.4 is 0 Å². The quantitative estimate of drug-likeness (QED) is 0.250.